The Morgan fingerprint density at radius 3 is 2.62 bits per heavy atom. The van der Waals surface area contributed by atoms with Gasteiger partial charge in [-0.1, -0.05) is 48.5 Å². The second-order valence-electron chi connectivity index (χ2n) is 7.49. The van der Waals surface area contributed by atoms with E-state index in [4.69, 9.17) is 10.5 Å². The molecule has 0 amide bonds. The fourth-order valence-electron chi connectivity index (χ4n) is 4.51. The van der Waals surface area contributed by atoms with Crippen molar-refractivity contribution < 1.29 is 9.53 Å². The lowest BCUT2D eigenvalue weighted by atomic mass is 9.73. The number of nitriles is 1. The monoisotopic (exact) mass is 381 g/mol. The van der Waals surface area contributed by atoms with Crippen molar-refractivity contribution in [1.29, 1.82) is 5.26 Å². The number of carbonyl (C=O) groups is 1. The van der Waals surface area contributed by atoms with Crippen molar-refractivity contribution in [1.82, 2.24) is 4.98 Å². The lowest BCUT2D eigenvalue weighted by Gasteiger charge is -2.33. The Morgan fingerprint density at radius 1 is 1.07 bits per heavy atom. The first-order chi connectivity index (χ1) is 14.2. The molecule has 3 N–H and O–H groups in total. The summed E-state index contributed by atoms with van der Waals surface area (Å²) in [4.78, 5) is 16.5. The summed E-state index contributed by atoms with van der Waals surface area (Å²) in [7, 11) is 0. The summed E-state index contributed by atoms with van der Waals surface area (Å²) in [5.41, 5.74) is 9.94. The fourth-order valence-corrected chi connectivity index (χ4v) is 4.51. The van der Waals surface area contributed by atoms with Crippen LogP contribution in [0.25, 0.3) is 10.9 Å². The largest absolute Gasteiger partial charge is 0.444 e. The molecule has 2 heterocycles. The maximum absolute atomic E-state index is 13.3. The molecule has 0 saturated heterocycles. The van der Waals surface area contributed by atoms with Crippen LogP contribution in [0.3, 0.4) is 0 Å². The number of ether oxygens (including phenoxy) is 1. The van der Waals surface area contributed by atoms with Crippen LogP contribution >= 0.6 is 0 Å². The molecule has 1 aromatic heterocycles. The van der Waals surface area contributed by atoms with E-state index in [2.05, 4.69) is 11.1 Å². The molecule has 5 rings (SSSR count). The van der Waals surface area contributed by atoms with Crippen molar-refractivity contribution in [2.45, 2.75) is 24.7 Å². The molecule has 0 radical (unpaired) electrons. The predicted octanol–water partition coefficient (Wildman–Crippen LogP) is 4.38. The van der Waals surface area contributed by atoms with Crippen LogP contribution in [0.5, 0.6) is 0 Å². The smallest absolute Gasteiger partial charge is 0.205 e. The molecular weight excluding hydrogens is 362 g/mol. The summed E-state index contributed by atoms with van der Waals surface area (Å²) >= 11 is 0. The van der Waals surface area contributed by atoms with Crippen molar-refractivity contribution in [3.8, 4) is 6.07 Å². The van der Waals surface area contributed by atoms with E-state index in [9.17, 15) is 10.1 Å². The van der Waals surface area contributed by atoms with Crippen molar-refractivity contribution >= 4 is 16.7 Å². The highest BCUT2D eigenvalue weighted by atomic mass is 16.5. The molecule has 0 fully saturated rings. The third-order valence-electron chi connectivity index (χ3n) is 5.86. The highest BCUT2D eigenvalue weighted by Crippen LogP contribution is 2.47. The Balaban J connectivity index is 1.65. The van der Waals surface area contributed by atoms with Crippen LogP contribution in [0, 0.1) is 11.3 Å². The maximum atomic E-state index is 13.3. The van der Waals surface area contributed by atoms with Crippen LogP contribution in [0.4, 0.5) is 0 Å². The van der Waals surface area contributed by atoms with E-state index in [0.29, 0.717) is 29.7 Å². The van der Waals surface area contributed by atoms with Gasteiger partial charge in [-0.25, -0.2) is 0 Å². The molecule has 142 valence electrons. The number of nitrogens with two attached hydrogens (primary N) is 1. The number of fused-ring (bicyclic) bond motifs is 1. The maximum Gasteiger partial charge on any atom is 0.205 e. The van der Waals surface area contributed by atoms with Crippen molar-refractivity contribution in [3.05, 3.63) is 94.7 Å². The zero-order valence-electron chi connectivity index (χ0n) is 15.7. The molecule has 2 atom stereocenters. The van der Waals surface area contributed by atoms with Gasteiger partial charge in [-0.15, -0.1) is 0 Å². The molecule has 2 aliphatic rings. The zero-order chi connectivity index (χ0) is 20.0. The van der Waals surface area contributed by atoms with Crippen LogP contribution in [0.15, 0.2) is 83.6 Å². The highest BCUT2D eigenvalue weighted by molar-refractivity contribution is 6.01. The molecule has 0 spiro atoms. The predicted molar refractivity (Wildman–Crippen MR) is 109 cm³/mol. The summed E-state index contributed by atoms with van der Waals surface area (Å²) < 4.78 is 5.84. The lowest BCUT2D eigenvalue weighted by molar-refractivity contribution is -0.117. The van der Waals surface area contributed by atoms with Gasteiger partial charge in [0.15, 0.2) is 5.78 Å². The zero-order valence-corrected chi connectivity index (χ0v) is 15.7. The van der Waals surface area contributed by atoms with Gasteiger partial charge >= 0.3 is 0 Å². The Labute approximate surface area is 168 Å². The normalized spacial score (nSPS) is 21.7. The average molecular weight is 381 g/mol. The minimum Gasteiger partial charge on any atom is -0.444 e. The first-order valence-electron chi connectivity index (χ1n) is 9.62. The first-order valence-corrected chi connectivity index (χ1v) is 9.62. The molecule has 0 bridgehead atoms. The number of carbonyl (C=O) groups excluding carboxylic acids is 1. The summed E-state index contributed by atoms with van der Waals surface area (Å²) in [6.45, 7) is 0. The Morgan fingerprint density at radius 2 is 1.83 bits per heavy atom. The molecule has 0 saturated carbocycles. The van der Waals surface area contributed by atoms with E-state index in [1.807, 2.05) is 60.8 Å². The van der Waals surface area contributed by atoms with Gasteiger partial charge in [-0.3, -0.25) is 4.79 Å². The van der Waals surface area contributed by atoms with E-state index in [1.54, 1.807) is 0 Å². The molecule has 1 aliphatic carbocycles. The van der Waals surface area contributed by atoms with Gasteiger partial charge in [-0.05, 0) is 23.1 Å². The van der Waals surface area contributed by atoms with Crippen LogP contribution in [0.2, 0.25) is 0 Å². The van der Waals surface area contributed by atoms with E-state index in [0.717, 1.165) is 22.0 Å². The Kier molecular flexibility index (Phi) is 3.99. The van der Waals surface area contributed by atoms with Gasteiger partial charge in [0.1, 0.15) is 17.4 Å². The Bertz CT molecular complexity index is 1230. The number of aromatic nitrogens is 1. The number of para-hydroxylation sites is 1. The van der Waals surface area contributed by atoms with Gasteiger partial charge < -0.3 is 15.5 Å². The van der Waals surface area contributed by atoms with Gasteiger partial charge in [0.25, 0.3) is 0 Å². The number of ketones is 1. The topological polar surface area (TPSA) is 91.9 Å². The highest BCUT2D eigenvalue weighted by Gasteiger charge is 2.41. The van der Waals surface area contributed by atoms with E-state index in [-0.39, 0.29) is 17.6 Å². The number of rotatable bonds is 2. The standard InChI is InChI=1S/C24H19N3O2/c25-12-17-22(18-13-27-19-9-5-4-8-16(18)19)23-20(28)10-15(11-21(23)29-24(17)26)14-6-2-1-3-7-14/h1-9,13,15,22,27H,10-11,26H2/t15-,22+/m1/s1. The van der Waals surface area contributed by atoms with Crippen molar-refractivity contribution in [2.75, 3.05) is 0 Å². The summed E-state index contributed by atoms with van der Waals surface area (Å²) in [6.07, 6.45) is 2.85. The number of aromatic amines is 1. The second kappa shape index (κ2) is 6.68. The van der Waals surface area contributed by atoms with E-state index >= 15 is 0 Å². The summed E-state index contributed by atoms with van der Waals surface area (Å²) in [5, 5.41) is 10.8. The molecule has 5 nitrogen and oxygen atoms in total. The molecule has 1 aliphatic heterocycles. The van der Waals surface area contributed by atoms with Crippen LogP contribution in [0.1, 0.15) is 35.8 Å². The summed E-state index contributed by atoms with van der Waals surface area (Å²) in [6, 6.07) is 20.0. The third-order valence-corrected chi connectivity index (χ3v) is 5.86. The minimum absolute atomic E-state index is 0.00985. The Hall–Kier alpha value is -3.78. The molecule has 29 heavy (non-hydrogen) atoms. The van der Waals surface area contributed by atoms with Gasteiger partial charge in [0, 0.05) is 35.5 Å². The fraction of sp³-hybridized carbons (Fsp3) is 0.167. The SMILES string of the molecule is N#CC1=C(N)OC2=C(C(=O)C[C@@H](c3ccccc3)C2)[C@@H]1c1c[nH]c2ccccc12. The molecule has 3 aromatic rings. The van der Waals surface area contributed by atoms with Crippen LogP contribution < -0.4 is 5.73 Å². The summed E-state index contributed by atoms with van der Waals surface area (Å²) in [5.74, 6) is 0.215. The number of hydrogen-bond acceptors (Lipinski definition) is 4. The molecule has 5 heteroatoms. The number of hydrogen-bond donors (Lipinski definition) is 2. The minimum atomic E-state index is -0.510. The van der Waals surface area contributed by atoms with E-state index in [1.165, 1.54) is 0 Å². The van der Waals surface area contributed by atoms with Gasteiger partial charge in [0.2, 0.25) is 5.88 Å². The van der Waals surface area contributed by atoms with Crippen molar-refractivity contribution in [3.63, 3.8) is 0 Å². The van der Waals surface area contributed by atoms with Crippen LogP contribution in [-0.2, 0) is 9.53 Å². The van der Waals surface area contributed by atoms with E-state index < -0.39 is 5.92 Å². The lowest BCUT2D eigenvalue weighted by Crippen LogP contribution is -2.29. The quantitative estimate of drug-likeness (QED) is 0.689. The van der Waals surface area contributed by atoms with Gasteiger partial charge in [0.05, 0.1) is 5.92 Å². The number of nitrogens with zero attached hydrogens (tertiary/aromatic N) is 1. The third kappa shape index (κ3) is 2.73. The van der Waals surface area contributed by atoms with Crippen LogP contribution in [-0.4, -0.2) is 10.8 Å². The molecule has 0 unspecified atom stereocenters. The molecule has 2 aromatic carbocycles. The number of Topliss-reactive ketones (excluding diaryl/α,β-unsaturated/α-hetero) is 1. The first kappa shape index (κ1) is 17.3. The van der Waals surface area contributed by atoms with Gasteiger partial charge in [-0.2, -0.15) is 5.26 Å². The number of nitrogens with one attached hydrogen (secondary N) is 1. The molecular formula is C24H19N3O2. The number of H-pyrrole nitrogens is 1. The van der Waals surface area contributed by atoms with Crippen molar-refractivity contribution in [2.24, 2.45) is 5.73 Å². The number of allylic oxidation sites excluding steroid dienone is 3. The number of benzene rings is 2. The second-order valence-corrected chi connectivity index (χ2v) is 7.49. The average Bonchev–Trinajstić information content (AvgIpc) is 3.17.